The van der Waals surface area contributed by atoms with Gasteiger partial charge in [-0.2, -0.15) is 0 Å². The van der Waals surface area contributed by atoms with Crippen molar-refractivity contribution in [2.24, 2.45) is 0 Å². The normalized spacial score (nSPS) is 18.4. The molecule has 1 aliphatic rings. The molecule has 3 N–H and O–H groups in total. The predicted molar refractivity (Wildman–Crippen MR) is 138 cm³/mol. The molecule has 0 spiro atoms. The Labute approximate surface area is 212 Å². The van der Waals surface area contributed by atoms with Gasteiger partial charge in [-0.3, -0.25) is 0 Å². The molecule has 0 saturated heterocycles. The van der Waals surface area contributed by atoms with Crippen LogP contribution in [0.15, 0.2) is 60.8 Å². The first-order valence-corrected chi connectivity index (χ1v) is 12.1. The highest BCUT2D eigenvalue weighted by Crippen LogP contribution is 2.46. The lowest BCUT2D eigenvalue weighted by atomic mass is 9.77. The summed E-state index contributed by atoms with van der Waals surface area (Å²) in [5.41, 5.74) is 1.52. The maximum absolute atomic E-state index is 16.1. The van der Waals surface area contributed by atoms with Crippen molar-refractivity contribution < 1.29 is 18.3 Å². The number of fused-ring (bicyclic) bond motifs is 2. The number of hydrogen-bond acceptors (Lipinski definition) is 3. The number of halogens is 3. The van der Waals surface area contributed by atoms with E-state index in [1.54, 1.807) is 31.3 Å². The summed E-state index contributed by atoms with van der Waals surface area (Å²) in [7, 11) is 0. The third kappa shape index (κ3) is 4.17. The third-order valence-electron chi connectivity index (χ3n) is 6.78. The average molecular weight is 510 g/mol. The Morgan fingerprint density at radius 2 is 1.89 bits per heavy atom. The van der Waals surface area contributed by atoms with E-state index in [1.807, 2.05) is 44.2 Å². The van der Waals surface area contributed by atoms with Crippen LogP contribution in [0.1, 0.15) is 37.8 Å². The molecule has 1 aromatic heterocycles. The van der Waals surface area contributed by atoms with Crippen LogP contribution in [0.2, 0.25) is 5.02 Å². The Balaban J connectivity index is 1.49. The largest absolute Gasteiger partial charge is 0.443 e. The lowest BCUT2D eigenvalue weighted by Crippen LogP contribution is -2.53. The Morgan fingerprint density at radius 1 is 1.14 bits per heavy atom. The molecule has 5 nitrogen and oxygen atoms in total. The van der Waals surface area contributed by atoms with Crippen LogP contribution in [-0.2, 0) is 11.3 Å². The molecular weight excluding hydrogens is 484 g/mol. The highest BCUT2D eigenvalue weighted by atomic mass is 35.5. The van der Waals surface area contributed by atoms with E-state index in [4.69, 9.17) is 16.3 Å². The molecule has 0 saturated carbocycles. The van der Waals surface area contributed by atoms with Gasteiger partial charge < -0.3 is 20.4 Å². The van der Waals surface area contributed by atoms with Crippen molar-refractivity contribution in [1.29, 1.82) is 0 Å². The number of rotatable bonds is 4. The van der Waals surface area contributed by atoms with Gasteiger partial charge in [-0.05, 0) is 25.5 Å². The quantitative estimate of drug-likeness (QED) is 0.269. The van der Waals surface area contributed by atoms with Gasteiger partial charge in [-0.1, -0.05) is 67.1 Å². The van der Waals surface area contributed by atoms with Crippen LogP contribution in [0.5, 0.6) is 0 Å². The topological polar surface area (TPSA) is 66.1 Å². The maximum atomic E-state index is 16.1. The fraction of sp³-hybridized carbons (Fsp3) is 0.250. The molecule has 1 amide bonds. The Bertz CT molecular complexity index is 1450. The van der Waals surface area contributed by atoms with Crippen molar-refractivity contribution in [3.05, 3.63) is 88.6 Å². The highest BCUT2D eigenvalue weighted by Gasteiger charge is 2.45. The van der Waals surface area contributed by atoms with Crippen LogP contribution in [0.3, 0.4) is 0 Å². The van der Waals surface area contributed by atoms with E-state index in [9.17, 15) is 4.79 Å². The molecule has 0 radical (unpaired) electrons. The van der Waals surface area contributed by atoms with Gasteiger partial charge in [-0.15, -0.1) is 0 Å². The summed E-state index contributed by atoms with van der Waals surface area (Å²) in [5.74, 6) is -1.94. The fourth-order valence-electron chi connectivity index (χ4n) is 5.13. The lowest BCUT2D eigenvalue weighted by molar-refractivity contribution is 0.0464. The summed E-state index contributed by atoms with van der Waals surface area (Å²) in [6.45, 7) is 5.77. The number of hydrogen-bond donors (Lipinski definition) is 3. The minimum absolute atomic E-state index is 0.154. The van der Waals surface area contributed by atoms with Gasteiger partial charge >= 0.3 is 6.09 Å². The molecule has 8 heteroatoms. The van der Waals surface area contributed by atoms with E-state index in [1.165, 1.54) is 6.07 Å². The van der Waals surface area contributed by atoms with E-state index >= 15 is 8.78 Å². The number of carbonyl (C=O) groups is 1. The summed E-state index contributed by atoms with van der Waals surface area (Å²) < 4.78 is 37.3. The van der Waals surface area contributed by atoms with Gasteiger partial charge in [0.1, 0.15) is 17.7 Å². The molecule has 0 fully saturated rings. The zero-order valence-electron chi connectivity index (χ0n) is 20.1. The van der Waals surface area contributed by atoms with Crippen molar-refractivity contribution in [3.63, 3.8) is 0 Å². The van der Waals surface area contributed by atoms with Gasteiger partial charge in [0.2, 0.25) is 0 Å². The molecule has 0 aliphatic carbocycles. The monoisotopic (exact) mass is 509 g/mol. The lowest BCUT2D eigenvalue weighted by Gasteiger charge is -2.44. The molecule has 1 aliphatic heterocycles. The number of anilines is 1. The Hall–Kier alpha value is -3.58. The fourth-order valence-corrected chi connectivity index (χ4v) is 5.34. The maximum Gasteiger partial charge on any atom is 0.407 e. The SMILES string of the molecule is C[C@H]1c2c(cc(F)c(-c3cccc4c(Cl)c[nH]c34)c2F)NC(C)(C)C1OC(=O)NCc1ccccc1. The van der Waals surface area contributed by atoms with Crippen LogP contribution in [0.25, 0.3) is 22.0 Å². The molecule has 2 heterocycles. The number of aromatic nitrogens is 1. The number of carbonyl (C=O) groups excluding carboxylic acids is 1. The molecule has 1 unspecified atom stereocenters. The van der Waals surface area contributed by atoms with Gasteiger partial charge in [-0.25, -0.2) is 13.6 Å². The van der Waals surface area contributed by atoms with E-state index < -0.39 is 35.3 Å². The van der Waals surface area contributed by atoms with Crippen LogP contribution < -0.4 is 10.6 Å². The number of benzene rings is 3. The minimum atomic E-state index is -0.774. The number of nitrogens with one attached hydrogen (secondary N) is 3. The number of para-hydroxylation sites is 1. The van der Waals surface area contributed by atoms with Gasteiger partial charge in [0, 0.05) is 40.9 Å². The Morgan fingerprint density at radius 3 is 2.64 bits per heavy atom. The van der Waals surface area contributed by atoms with Crippen LogP contribution in [0, 0.1) is 11.6 Å². The van der Waals surface area contributed by atoms with Gasteiger partial charge in [0.05, 0.1) is 21.6 Å². The second kappa shape index (κ2) is 9.13. The molecule has 36 heavy (non-hydrogen) atoms. The number of ether oxygens (including phenoxy) is 1. The number of amides is 1. The van der Waals surface area contributed by atoms with Crippen LogP contribution in [0.4, 0.5) is 19.3 Å². The highest BCUT2D eigenvalue weighted by molar-refractivity contribution is 6.36. The molecular formula is C28H26ClF2N3O2. The minimum Gasteiger partial charge on any atom is -0.443 e. The van der Waals surface area contributed by atoms with Crippen LogP contribution >= 0.6 is 11.6 Å². The molecule has 2 atom stereocenters. The molecule has 4 aromatic rings. The standard InChI is InChI=1S/C28H26ClF2N3O2/c1-15-22-21(34-28(2,3)26(15)36-27(35)33-13-16-8-5-4-6-9-16)12-20(30)23(24(22)31)18-11-7-10-17-19(29)14-32-25(17)18/h4-12,14-15,26,32,34H,13H2,1-3H3,(H,33,35)/t15-,26?/m0/s1. The molecule has 5 rings (SSSR count). The van der Waals surface area contributed by atoms with Gasteiger partial charge in [0.25, 0.3) is 0 Å². The Kier molecular flexibility index (Phi) is 6.12. The zero-order valence-corrected chi connectivity index (χ0v) is 20.8. The first-order valence-electron chi connectivity index (χ1n) is 11.7. The summed E-state index contributed by atoms with van der Waals surface area (Å²) in [5, 5.41) is 7.08. The smallest absolute Gasteiger partial charge is 0.407 e. The third-order valence-corrected chi connectivity index (χ3v) is 7.09. The van der Waals surface area contributed by atoms with Crippen molar-refractivity contribution in [1.82, 2.24) is 10.3 Å². The average Bonchev–Trinajstić information content (AvgIpc) is 3.22. The van der Waals surface area contributed by atoms with E-state index in [0.717, 1.165) is 5.56 Å². The summed E-state index contributed by atoms with van der Waals surface area (Å²) in [6.07, 6.45) is 0.265. The van der Waals surface area contributed by atoms with Crippen molar-refractivity contribution in [2.75, 3.05) is 5.32 Å². The molecule has 186 valence electrons. The first-order chi connectivity index (χ1) is 17.2. The number of H-pyrrole nitrogens is 1. The second-order valence-electron chi connectivity index (χ2n) is 9.67. The van der Waals surface area contributed by atoms with Crippen molar-refractivity contribution in [2.45, 2.75) is 44.9 Å². The summed E-state index contributed by atoms with van der Waals surface area (Å²) in [6, 6.07) is 15.9. The van der Waals surface area contributed by atoms with Gasteiger partial charge in [0.15, 0.2) is 0 Å². The van der Waals surface area contributed by atoms with E-state index in [-0.39, 0.29) is 11.1 Å². The number of aromatic amines is 1. The predicted octanol–water partition coefficient (Wildman–Crippen LogP) is 7.37. The number of alkyl carbamates (subject to hydrolysis) is 1. The van der Waals surface area contributed by atoms with Crippen molar-refractivity contribution >= 4 is 34.3 Å². The van der Waals surface area contributed by atoms with E-state index in [0.29, 0.717) is 33.7 Å². The van der Waals surface area contributed by atoms with Crippen molar-refractivity contribution in [3.8, 4) is 11.1 Å². The molecule has 3 aromatic carbocycles. The summed E-state index contributed by atoms with van der Waals surface area (Å²) in [4.78, 5) is 15.7. The van der Waals surface area contributed by atoms with Crippen LogP contribution in [-0.4, -0.2) is 22.7 Å². The summed E-state index contributed by atoms with van der Waals surface area (Å²) >= 11 is 6.23. The molecule has 0 bridgehead atoms. The first kappa shape index (κ1) is 24.1. The van der Waals surface area contributed by atoms with E-state index in [2.05, 4.69) is 15.6 Å². The second-order valence-corrected chi connectivity index (χ2v) is 10.1. The zero-order chi connectivity index (χ0) is 25.6.